The smallest absolute Gasteiger partial charge is 0.396 e. The summed E-state index contributed by atoms with van der Waals surface area (Å²) in [4.78, 5) is 62.8. The molecule has 4 aromatic rings. The van der Waals surface area contributed by atoms with Crippen LogP contribution in [0, 0.1) is 18.7 Å². The van der Waals surface area contributed by atoms with E-state index in [1.54, 1.807) is 30.1 Å². The van der Waals surface area contributed by atoms with Crippen LogP contribution in [0.15, 0.2) is 34.9 Å². The number of fused-ring (bicyclic) bond motifs is 2. The van der Waals surface area contributed by atoms with E-state index >= 15 is 8.78 Å². The van der Waals surface area contributed by atoms with Crippen molar-refractivity contribution in [2.75, 3.05) is 56.6 Å². The molecule has 16 nitrogen and oxygen atoms in total. The number of likely N-dealkylation sites (tertiary alicyclic amines) is 1. The number of amides is 3. The Morgan fingerprint density at radius 2 is 1.90 bits per heavy atom. The summed E-state index contributed by atoms with van der Waals surface area (Å²) in [5.74, 6) is 1.72. The lowest BCUT2D eigenvalue weighted by molar-refractivity contribution is -0.134. The van der Waals surface area contributed by atoms with Crippen LogP contribution in [0.2, 0.25) is 0 Å². The lowest BCUT2D eigenvalue weighted by Gasteiger charge is -2.39. The van der Waals surface area contributed by atoms with E-state index < -0.39 is 23.6 Å². The van der Waals surface area contributed by atoms with E-state index in [1.165, 1.54) is 17.7 Å². The number of halogens is 2. The molecule has 3 fully saturated rings. The standard InChI is InChI=1S/C43H49F2N11O5/c1-23(2)56-40-27(15-35(42(56)60)61-22-37(58)46-4)14-28(19-47-40)49-39-24(3)18-48-43(51-39)55-13-10-26(33(45)21-55)20-54-11-8-25(9-12-54)30-17-34-31(16-32(30)44)38(52-53(34)5)29-6-7-36(57)50-41(29)59/h14-18,23,25-26,29,33H,6-13,20-22H2,1-5H3,(H2-,46,48,49,50,51,57,58,59)/p+1. The fraction of sp³-hybridized carbons (Fsp3) is 0.488. The maximum atomic E-state index is 15.9. The molecule has 61 heavy (non-hydrogen) atoms. The van der Waals surface area contributed by atoms with Gasteiger partial charge in [0.15, 0.2) is 6.61 Å². The van der Waals surface area contributed by atoms with Crippen LogP contribution in [0.25, 0.3) is 17.0 Å². The van der Waals surface area contributed by atoms with Crippen molar-refractivity contribution in [3.63, 3.8) is 0 Å². The number of pyridine rings is 1. The summed E-state index contributed by atoms with van der Waals surface area (Å²) < 4.78 is 44.9. The van der Waals surface area contributed by atoms with Crippen LogP contribution in [-0.4, -0.2) is 105 Å². The molecule has 0 bridgehead atoms. The number of hydrogen-bond donors (Lipinski definition) is 3. The highest BCUT2D eigenvalue weighted by Crippen LogP contribution is 2.37. The summed E-state index contributed by atoms with van der Waals surface area (Å²) in [6.07, 6.45) is 5.01. The Morgan fingerprint density at radius 1 is 1.11 bits per heavy atom. The molecule has 0 radical (unpaired) electrons. The molecule has 3 atom stereocenters. The fourth-order valence-electron chi connectivity index (χ4n) is 8.79. The summed E-state index contributed by atoms with van der Waals surface area (Å²) in [6, 6.07) is 4.65. The maximum absolute atomic E-state index is 15.9. The van der Waals surface area contributed by atoms with Crippen molar-refractivity contribution in [1.29, 1.82) is 0 Å². The fourth-order valence-corrected chi connectivity index (χ4v) is 8.79. The first-order chi connectivity index (χ1) is 29.3. The van der Waals surface area contributed by atoms with Gasteiger partial charge in [-0.05, 0) is 89.2 Å². The minimum Gasteiger partial charge on any atom is -0.476 e. The number of hydrogen-bond acceptors (Lipinski definition) is 11. The number of imide groups is 1. The average molecular weight is 839 g/mol. The SMILES string of the molecule is CNC(=O)COc1cc2c(n(C(C)C)c1=O)=[N+]=C=C(Nc1nc(N3CCC(CN4CCC(c5cc6c(cc5F)c(C5CCC(=O)NC5=O)nn6C)CC4)C(F)C3)ncc1C)C=2. The first-order valence-corrected chi connectivity index (χ1v) is 20.8. The van der Waals surface area contributed by atoms with E-state index in [-0.39, 0.29) is 60.8 Å². The van der Waals surface area contributed by atoms with Crippen LogP contribution in [0.5, 0.6) is 5.75 Å². The van der Waals surface area contributed by atoms with Crippen molar-refractivity contribution in [3.05, 3.63) is 73.8 Å². The second-order valence-electron chi connectivity index (χ2n) is 16.6. The van der Waals surface area contributed by atoms with Gasteiger partial charge in [0.1, 0.15) is 29.5 Å². The number of rotatable bonds is 11. The Labute approximate surface area is 350 Å². The molecule has 3 amide bonds. The number of ether oxygens (including phenoxy) is 1. The van der Waals surface area contributed by atoms with E-state index in [2.05, 4.69) is 41.5 Å². The predicted molar refractivity (Wildman–Crippen MR) is 224 cm³/mol. The molecule has 3 N–H and O–H groups in total. The molecule has 0 saturated carbocycles. The molecule has 0 aliphatic carbocycles. The molecule has 7 heterocycles. The first-order valence-electron chi connectivity index (χ1n) is 20.8. The van der Waals surface area contributed by atoms with Crippen molar-refractivity contribution in [2.24, 2.45) is 13.0 Å². The lowest BCUT2D eigenvalue weighted by atomic mass is 9.86. The predicted octanol–water partition coefficient (Wildman–Crippen LogP) is 1.39. The molecular formula is C43H50F2N11O5+. The van der Waals surface area contributed by atoms with Crippen molar-refractivity contribution in [2.45, 2.75) is 76.9 Å². The van der Waals surface area contributed by atoms with Gasteiger partial charge in [0.25, 0.3) is 5.91 Å². The van der Waals surface area contributed by atoms with Gasteiger partial charge in [0, 0.05) is 62.7 Å². The Kier molecular flexibility index (Phi) is 11.6. The molecule has 3 saturated heterocycles. The first kappa shape index (κ1) is 41.5. The van der Waals surface area contributed by atoms with Gasteiger partial charge < -0.3 is 25.2 Å². The number of likely N-dealkylation sites (N-methyl/N-ethyl adjacent to an activating group) is 1. The minimum atomic E-state index is -1.10. The van der Waals surface area contributed by atoms with Crippen LogP contribution >= 0.6 is 0 Å². The Balaban J connectivity index is 0.893. The van der Waals surface area contributed by atoms with Gasteiger partial charge in [-0.25, -0.2) is 18.6 Å². The van der Waals surface area contributed by atoms with Crippen molar-refractivity contribution in [3.8, 4) is 5.75 Å². The summed E-state index contributed by atoms with van der Waals surface area (Å²) in [7, 11) is 3.27. The monoisotopic (exact) mass is 838 g/mol. The van der Waals surface area contributed by atoms with Crippen LogP contribution in [0.3, 0.4) is 0 Å². The number of carbonyl (C=O) groups is 3. The number of allylic oxidation sites excluding steroid dienone is 1. The second kappa shape index (κ2) is 17.0. The van der Waals surface area contributed by atoms with Crippen molar-refractivity contribution < 1.29 is 27.9 Å². The topological polar surface area (TPSA) is 183 Å². The van der Waals surface area contributed by atoms with Crippen LogP contribution in [-0.2, 0) is 21.4 Å². The lowest BCUT2D eigenvalue weighted by Crippen LogP contribution is -2.47. The number of anilines is 2. The van der Waals surface area contributed by atoms with E-state index in [0.717, 1.165) is 37.0 Å². The third kappa shape index (κ3) is 8.43. The minimum absolute atomic E-state index is 0.00375. The van der Waals surface area contributed by atoms with Crippen molar-refractivity contribution >= 4 is 52.3 Å². The Bertz CT molecular complexity index is 2690. The molecule has 4 aliphatic heterocycles. The molecule has 0 spiro atoms. The zero-order valence-corrected chi connectivity index (χ0v) is 34.9. The molecule has 320 valence electrons. The van der Waals surface area contributed by atoms with E-state index in [9.17, 15) is 19.2 Å². The van der Waals surface area contributed by atoms with Crippen LogP contribution in [0.1, 0.15) is 80.7 Å². The molecule has 18 heteroatoms. The summed E-state index contributed by atoms with van der Waals surface area (Å²) in [6.45, 7) is 8.05. The van der Waals surface area contributed by atoms with E-state index in [4.69, 9.17) is 9.72 Å². The highest BCUT2D eigenvalue weighted by molar-refractivity contribution is 6.02. The number of alkyl halides is 1. The number of aromatic nitrogens is 5. The van der Waals surface area contributed by atoms with Gasteiger partial charge in [-0.2, -0.15) is 19.3 Å². The van der Waals surface area contributed by atoms with Gasteiger partial charge in [-0.3, -0.25) is 24.4 Å². The Hall–Kier alpha value is -6.22. The van der Waals surface area contributed by atoms with Crippen LogP contribution in [0.4, 0.5) is 20.5 Å². The third-order valence-electron chi connectivity index (χ3n) is 12.2. The second-order valence-corrected chi connectivity index (χ2v) is 16.6. The molecule has 1 aromatic carbocycles. The number of carbonyl (C=O) groups excluding carboxylic acids is 3. The summed E-state index contributed by atoms with van der Waals surface area (Å²) in [5.41, 5.74) is 3.11. The zero-order chi connectivity index (χ0) is 43.1. The molecule has 4 aliphatic rings. The van der Waals surface area contributed by atoms with Crippen molar-refractivity contribution in [1.82, 2.24) is 44.5 Å². The number of nitrogens with one attached hydrogen (secondary N) is 3. The van der Waals surface area contributed by atoms with Gasteiger partial charge in [0.05, 0.1) is 28.9 Å². The van der Waals surface area contributed by atoms with Gasteiger partial charge in [-0.1, -0.05) is 0 Å². The maximum Gasteiger partial charge on any atom is 0.396 e. The number of piperidine rings is 3. The third-order valence-corrected chi connectivity index (χ3v) is 12.2. The largest absolute Gasteiger partial charge is 0.476 e. The summed E-state index contributed by atoms with van der Waals surface area (Å²) >= 11 is 0. The summed E-state index contributed by atoms with van der Waals surface area (Å²) in [5, 5.41) is 13.9. The Morgan fingerprint density at radius 3 is 2.62 bits per heavy atom. The zero-order valence-electron chi connectivity index (χ0n) is 34.9. The van der Waals surface area contributed by atoms with E-state index in [1.807, 2.05) is 31.7 Å². The number of aryl methyl sites for hydroxylation is 2. The normalized spacial score (nSPS) is 20.8. The highest BCUT2D eigenvalue weighted by Gasteiger charge is 2.35. The molecular weight excluding hydrogens is 789 g/mol. The quantitative estimate of drug-likeness (QED) is 0.147. The average Bonchev–Trinajstić information content (AvgIpc) is 3.55. The van der Waals surface area contributed by atoms with Gasteiger partial charge >= 0.3 is 11.0 Å². The highest BCUT2D eigenvalue weighted by atomic mass is 19.1. The molecule has 8 rings (SSSR count). The van der Waals surface area contributed by atoms with E-state index in [0.29, 0.717) is 70.7 Å². The number of nitrogens with zero attached hydrogens (tertiary/aromatic N) is 8. The van der Waals surface area contributed by atoms with Gasteiger partial charge in [0.2, 0.25) is 29.4 Å². The van der Waals surface area contributed by atoms with Gasteiger partial charge in [-0.15, -0.1) is 0 Å². The van der Waals surface area contributed by atoms with Crippen LogP contribution < -0.4 is 46.5 Å². The molecule has 3 unspecified atom stereocenters. The molecule has 3 aromatic heterocycles. The number of benzene rings is 1.